The van der Waals surface area contributed by atoms with E-state index in [0.717, 1.165) is 37.7 Å². The van der Waals surface area contributed by atoms with E-state index in [1.807, 2.05) is 6.92 Å². The zero-order valence-electron chi connectivity index (χ0n) is 16.6. The van der Waals surface area contributed by atoms with Crippen molar-refractivity contribution in [2.24, 2.45) is 0 Å². The summed E-state index contributed by atoms with van der Waals surface area (Å²) in [5.41, 5.74) is 1.29. The van der Waals surface area contributed by atoms with E-state index in [1.54, 1.807) is 18.2 Å². The first-order chi connectivity index (χ1) is 13.8. The number of hydrogen-bond acceptors (Lipinski definition) is 7. The first-order valence-electron chi connectivity index (χ1n) is 9.96. The van der Waals surface area contributed by atoms with Crippen molar-refractivity contribution < 1.29 is 31.6 Å². The van der Waals surface area contributed by atoms with Crippen LogP contribution in [0.2, 0.25) is 0 Å². The molecule has 1 aromatic carbocycles. The Morgan fingerprint density at radius 2 is 1.79 bits per heavy atom. The van der Waals surface area contributed by atoms with E-state index in [1.165, 1.54) is 19.2 Å². The molecule has 1 heterocycles. The third-order valence-corrected chi connectivity index (χ3v) is 7.15. The number of carbonyl (C=O) groups excluding carboxylic acids is 1. The Kier molecular flexibility index (Phi) is 5.54. The molecule has 7 nitrogen and oxygen atoms in total. The molecule has 0 N–H and O–H groups in total. The van der Waals surface area contributed by atoms with Gasteiger partial charge in [-0.3, -0.25) is 4.18 Å². The zero-order chi connectivity index (χ0) is 20.6. The molecule has 4 rings (SSSR count). The number of ether oxygens (including phenoxy) is 3. The van der Waals surface area contributed by atoms with Crippen LogP contribution >= 0.6 is 0 Å². The van der Waals surface area contributed by atoms with Gasteiger partial charge in [0.1, 0.15) is 18.3 Å². The maximum Gasteiger partial charge on any atom is 0.333 e. The van der Waals surface area contributed by atoms with E-state index < -0.39 is 40.2 Å². The van der Waals surface area contributed by atoms with Crippen LogP contribution in [0.1, 0.15) is 44.1 Å². The lowest BCUT2D eigenvalue weighted by Crippen LogP contribution is -2.42. The molecule has 0 bridgehead atoms. The molecule has 1 aliphatic heterocycles. The standard InChI is InChI=1S/C21H26O7S/c1-14-6-8-16(9-7-14)29(23,24)28-18-13-15(20(22)25-2)12-17-19(18)27-21(26-17)10-4-3-5-11-21/h6-9,12,17-19H,3-5,10-11,13H2,1-2H3/t17?,18-,19?/m1/s1. The Hall–Kier alpha value is -1.74. The minimum Gasteiger partial charge on any atom is -0.466 e. The van der Waals surface area contributed by atoms with Crippen molar-refractivity contribution in [3.8, 4) is 0 Å². The molecule has 1 aromatic rings. The fourth-order valence-electron chi connectivity index (χ4n) is 4.29. The summed E-state index contributed by atoms with van der Waals surface area (Å²) in [7, 11) is -2.73. The van der Waals surface area contributed by atoms with Gasteiger partial charge in [0.05, 0.1) is 12.0 Å². The van der Waals surface area contributed by atoms with Crippen molar-refractivity contribution in [2.45, 2.75) is 74.4 Å². The van der Waals surface area contributed by atoms with Crippen molar-refractivity contribution >= 4 is 16.1 Å². The molecule has 2 unspecified atom stereocenters. The Bertz CT molecular complexity index is 897. The SMILES string of the molecule is COC(=O)C1=CC2OC3(CCCCC3)OC2[C@H](OS(=O)(=O)c2ccc(C)cc2)C1. The van der Waals surface area contributed by atoms with Crippen LogP contribution in [0.3, 0.4) is 0 Å². The highest BCUT2D eigenvalue weighted by Gasteiger charge is 2.53. The van der Waals surface area contributed by atoms with Crippen molar-refractivity contribution in [3.05, 3.63) is 41.5 Å². The van der Waals surface area contributed by atoms with Gasteiger partial charge in [0.15, 0.2) is 5.79 Å². The predicted molar refractivity (Wildman–Crippen MR) is 104 cm³/mol. The third-order valence-electron chi connectivity index (χ3n) is 5.80. The second-order valence-corrected chi connectivity index (χ2v) is 9.50. The van der Waals surface area contributed by atoms with Crippen LogP contribution in [0, 0.1) is 6.92 Å². The number of carbonyl (C=O) groups is 1. The average Bonchev–Trinajstić information content (AvgIpc) is 3.05. The maximum atomic E-state index is 12.9. The second-order valence-electron chi connectivity index (χ2n) is 7.93. The minimum absolute atomic E-state index is 0.0696. The first-order valence-corrected chi connectivity index (χ1v) is 11.4. The Labute approximate surface area is 171 Å². The van der Waals surface area contributed by atoms with E-state index in [9.17, 15) is 13.2 Å². The summed E-state index contributed by atoms with van der Waals surface area (Å²) >= 11 is 0. The molecule has 0 radical (unpaired) electrons. The van der Waals surface area contributed by atoms with Crippen molar-refractivity contribution in [3.63, 3.8) is 0 Å². The van der Waals surface area contributed by atoms with Crippen LogP contribution in [-0.4, -0.2) is 45.6 Å². The summed E-state index contributed by atoms with van der Waals surface area (Å²) in [6.45, 7) is 1.88. The molecular weight excluding hydrogens is 396 g/mol. The summed E-state index contributed by atoms with van der Waals surface area (Å²) in [5, 5.41) is 0. The van der Waals surface area contributed by atoms with E-state index in [2.05, 4.69) is 0 Å². The van der Waals surface area contributed by atoms with Crippen LogP contribution < -0.4 is 0 Å². The molecular formula is C21H26O7S. The number of esters is 1. The molecule has 2 aliphatic carbocycles. The van der Waals surface area contributed by atoms with Crippen molar-refractivity contribution in [1.82, 2.24) is 0 Å². The van der Waals surface area contributed by atoms with Gasteiger partial charge in [0, 0.05) is 24.8 Å². The van der Waals surface area contributed by atoms with Gasteiger partial charge in [0.2, 0.25) is 0 Å². The number of rotatable bonds is 4. The molecule has 1 saturated heterocycles. The molecule has 2 fully saturated rings. The van der Waals surface area contributed by atoms with Crippen molar-refractivity contribution in [2.75, 3.05) is 7.11 Å². The molecule has 3 atom stereocenters. The quantitative estimate of drug-likeness (QED) is 0.544. The van der Waals surface area contributed by atoms with Crippen molar-refractivity contribution in [1.29, 1.82) is 0 Å². The van der Waals surface area contributed by atoms with Gasteiger partial charge in [-0.1, -0.05) is 24.1 Å². The topological polar surface area (TPSA) is 88.1 Å². The van der Waals surface area contributed by atoms with Crippen LogP contribution in [0.15, 0.2) is 40.8 Å². The summed E-state index contributed by atoms with van der Waals surface area (Å²) in [6.07, 6.45) is 4.35. The van der Waals surface area contributed by atoms with Crippen LogP contribution in [0.4, 0.5) is 0 Å². The smallest absolute Gasteiger partial charge is 0.333 e. The zero-order valence-corrected chi connectivity index (χ0v) is 17.4. The Balaban J connectivity index is 1.62. The number of fused-ring (bicyclic) bond motifs is 1. The van der Waals surface area contributed by atoms with E-state index in [0.29, 0.717) is 5.57 Å². The Morgan fingerprint density at radius 3 is 2.45 bits per heavy atom. The van der Waals surface area contributed by atoms with E-state index in [4.69, 9.17) is 18.4 Å². The van der Waals surface area contributed by atoms with Gasteiger partial charge in [-0.15, -0.1) is 0 Å². The molecule has 29 heavy (non-hydrogen) atoms. The van der Waals surface area contributed by atoms with Gasteiger partial charge in [-0.2, -0.15) is 8.42 Å². The normalized spacial score (nSPS) is 28.6. The first kappa shape index (κ1) is 20.5. The highest BCUT2D eigenvalue weighted by molar-refractivity contribution is 7.86. The van der Waals surface area contributed by atoms with Gasteiger partial charge in [-0.05, 0) is 38.0 Å². The Morgan fingerprint density at radius 1 is 1.10 bits per heavy atom. The number of methoxy groups -OCH3 is 1. The molecule has 1 spiro atoms. The fourth-order valence-corrected chi connectivity index (χ4v) is 5.38. The molecule has 8 heteroatoms. The highest BCUT2D eigenvalue weighted by atomic mass is 32.2. The van der Waals surface area contributed by atoms with E-state index in [-0.39, 0.29) is 11.3 Å². The molecule has 3 aliphatic rings. The fraction of sp³-hybridized carbons (Fsp3) is 0.571. The van der Waals surface area contributed by atoms with Crippen LogP contribution in [-0.2, 0) is 33.3 Å². The van der Waals surface area contributed by atoms with Gasteiger partial charge in [0.25, 0.3) is 10.1 Å². The van der Waals surface area contributed by atoms with Gasteiger partial charge >= 0.3 is 5.97 Å². The largest absolute Gasteiger partial charge is 0.466 e. The van der Waals surface area contributed by atoms with Crippen LogP contribution in [0.25, 0.3) is 0 Å². The molecule has 0 aromatic heterocycles. The molecule has 1 saturated carbocycles. The lowest BCUT2D eigenvalue weighted by molar-refractivity contribution is -0.196. The summed E-state index contributed by atoms with van der Waals surface area (Å²) < 4.78 is 48.6. The molecule has 0 amide bonds. The number of benzene rings is 1. The van der Waals surface area contributed by atoms with E-state index >= 15 is 0 Å². The monoisotopic (exact) mass is 422 g/mol. The third kappa shape index (κ3) is 4.12. The summed E-state index contributed by atoms with van der Waals surface area (Å²) in [6, 6.07) is 6.45. The van der Waals surface area contributed by atoms with Gasteiger partial charge < -0.3 is 14.2 Å². The lowest BCUT2D eigenvalue weighted by Gasteiger charge is -2.32. The highest BCUT2D eigenvalue weighted by Crippen LogP contribution is 2.45. The lowest BCUT2D eigenvalue weighted by atomic mass is 9.92. The average molecular weight is 422 g/mol. The van der Waals surface area contributed by atoms with Gasteiger partial charge in [-0.25, -0.2) is 4.79 Å². The number of aryl methyl sites for hydroxylation is 1. The minimum atomic E-state index is -4.03. The predicted octanol–water partition coefficient (Wildman–Crippen LogP) is 3.02. The maximum absolute atomic E-state index is 12.9. The second kappa shape index (κ2) is 7.83. The van der Waals surface area contributed by atoms with Crippen LogP contribution in [0.5, 0.6) is 0 Å². The molecule has 158 valence electrons. The number of hydrogen-bond donors (Lipinski definition) is 0. The summed E-state index contributed by atoms with van der Waals surface area (Å²) in [5.74, 6) is -1.25. The summed E-state index contributed by atoms with van der Waals surface area (Å²) in [4.78, 5) is 12.2.